The minimum absolute atomic E-state index is 0.0371. The first kappa shape index (κ1) is 14.0. The second-order valence-corrected chi connectivity index (χ2v) is 6.45. The van der Waals surface area contributed by atoms with E-state index in [1.54, 1.807) is 0 Å². The van der Waals surface area contributed by atoms with Crippen LogP contribution in [0.5, 0.6) is 0 Å². The molecule has 0 heterocycles. The third kappa shape index (κ3) is 2.63. The van der Waals surface area contributed by atoms with Gasteiger partial charge in [-0.25, -0.2) is 0 Å². The summed E-state index contributed by atoms with van der Waals surface area (Å²) in [6.07, 6.45) is 3.94. The van der Waals surface area contributed by atoms with Gasteiger partial charge in [0.2, 0.25) is 5.91 Å². The zero-order valence-corrected chi connectivity index (χ0v) is 13.2. The molecule has 0 unspecified atom stereocenters. The Morgan fingerprint density at radius 3 is 2.33 bits per heavy atom. The molecule has 5 heteroatoms. The van der Waals surface area contributed by atoms with E-state index in [2.05, 4.69) is 37.2 Å². The van der Waals surface area contributed by atoms with E-state index in [1.807, 2.05) is 18.2 Å². The van der Waals surface area contributed by atoms with E-state index in [1.165, 1.54) is 0 Å². The van der Waals surface area contributed by atoms with Crippen LogP contribution in [-0.4, -0.2) is 12.5 Å². The lowest BCUT2D eigenvalue weighted by Crippen LogP contribution is -2.40. The van der Waals surface area contributed by atoms with Crippen molar-refractivity contribution in [3.63, 3.8) is 0 Å². The molecule has 1 amide bonds. The monoisotopic (exact) mass is 374 g/mol. The highest BCUT2D eigenvalue weighted by molar-refractivity contribution is 9.11. The van der Waals surface area contributed by atoms with Crippen LogP contribution < -0.4 is 11.1 Å². The number of nitrogens with one attached hydrogen (secondary N) is 1. The number of carbonyl (C=O) groups is 1. The van der Waals surface area contributed by atoms with E-state index in [-0.39, 0.29) is 11.3 Å². The minimum Gasteiger partial charge on any atom is -0.329 e. The molecule has 98 valence electrons. The number of hydrogen-bond donors (Lipinski definition) is 2. The number of para-hydroxylation sites is 1. The van der Waals surface area contributed by atoms with Crippen molar-refractivity contribution < 1.29 is 4.79 Å². The summed E-state index contributed by atoms with van der Waals surface area (Å²) < 4.78 is 1.74. The van der Waals surface area contributed by atoms with Crippen LogP contribution in [-0.2, 0) is 4.79 Å². The summed E-state index contributed by atoms with van der Waals surface area (Å²) in [7, 11) is 0. The van der Waals surface area contributed by atoms with Gasteiger partial charge in [-0.3, -0.25) is 4.79 Å². The van der Waals surface area contributed by atoms with Gasteiger partial charge >= 0.3 is 0 Å². The van der Waals surface area contributed by atoms with E-state index in [0.717, 1.165) is 40.3 Å². The van der Waals surface area contributed by atoms with E-state index in [9.17, 15) is 4.79 Å². The Morgan fingerprint density at radius 2 is 1.83 bits per heavy atom. The molecule has 0 saturated heterocycles. The molecule has 1 aromatic carbocycles. The summed E-state index contributed by atoms with van der Waals surface area (Å²) in [5.74, 6) is 0.0371. The van der Waals surface area contributed by atoms with E-state index >= 15 is 0 Å². The molecule has 0 bridgehead atoms. The van der Waals surface area contributed by atoms with Gasteiger partial charge in [0.15, 0.2) is 0 Å². The molecule has 0 radical (unpaired) electrons. The molecule has 0 atom stereocenters. The fraction of sp³-hybridized carbons (Fsp3) is 0.462. The first-order valence-corrected chi connectivity index (χ1v) is 7.63. The van der Waals surface area contributed by atoms with Crippen molar-refractivity contribution >= 4 is 43.5 Å². The summed E-state index contributed by atoms with van der Waals surface area (Å²) in [6, 6.07) is 5.73. The Balaban J connectivity index is 2.21. The maximum Gasteiger partial charge on any atom is 0.231 e. The molecule has 1 saturated carbocycles. The van der Waals surface area contributed by atoms with Crippen LogP contribution in [0.15, 0.2) is 27.1 Å². The third-order valence-electron chi connectivity index (χ3n) is 3.63. The molecule has 1 fully saturated rings. The van der Waals surface area contributed by atoms with Crippen molar-refractivity contribution in [2.45, 2.75) is 25.7 Å². The third-order valence-corrected chi connectivity index (χ3v) is 4.96. The molecular weight excluding hydrogens is 360 g/mol. The quantitative estimate of drug-likeness (QED) is 0.846. The van der Waals surface area contributed by atoms with Gasteiger partial charge < -0.3 is 11.1 Å². The molecule has 1 aliphatic carbocycles. The first-order valence-electron chi connectivity index (χ1n) is 6.05. The highest BCUT2D eigenvalue weighted by Gasteiger charge is 2.40. The molecule has 1 aromatic rings. The maximum absolute atomic E-state index is 12.4. The molecule has 2 rings (SSSR count). The van der Waals surface area contributed by atoms with Crippen molar-refractivity contribution in [2.75, 3.05) is 11.9 Å². The van der Waals surface area contributed by atoms with E-state index in [4.69, 9.17) is 5.73 Å². The largest absolute Gasteiger partial charge is 0.329 e. The van der Waals surface area contributed by atoms with Gasteiger partial charge in [-0.15, -0.1) is 0 Å². The molecule has 1 aliphatic rings. The smallest absolute Gasteiger partial charge is 0.231 e. The average molecular weight is 376 g/mol. The second kappa shape index (κ2) is 5.72. The van der Waals surface area contributed by atoms with Crippen molar-refractivity contribution in [1.29, 1.82) is 0 Å². The van der Waals surface area contributed by atoms with E-state index in [0.29, 0.717) is 6.54 Å². The van der Waals surface area contributed by atoms with Gasteiger partial charge in [-0.05, 0) is 56.8 Å². The van der Waals surface area contributed by atoms with Gasteiger partial charge in [0, 0.05) is 15.5 Å². The highest BCUT2D eigenvalue weighted by atomic mass is 79.9. The number of hydrogen-bond acceptors (Lipinski definition) is 2. The fourth-order valence-electron chi connectivity index (χ4n) is 2.44. The molecular formula is C13H16Br2N2O. The number of amides is 1. The number of halogens is 2. The topological polar surface area (TPSA) is 55.1 Å². The number of anilines is 1. The molecule has 0 aromatic heterocycles. The SMILES string of the molecule is NCC1(C(=O)Nc2c(Br)cccc2Br)CCCC1. The minimum atomic E-state index is -0.380. The summed E-state index contributed by atoms with van der Waals surface area (Å²) in [6.45, 7) is 0.418. The van der Waals surface area contributed by atoms with Gasteiger partial charge in [0.05, 0.1) is 11.1 Å². The van der Waals surface area contributed by atoms with Crippen molar-refractivity contribution in [2.24, 2.45) is 11.1 Å². The maximum atomic E-state index is 12.4. The predicted octanol–water partition coefficient (Wildman–Crippen LogP) is 3.67. The lowest BCUT2D eigenvalue weighted by molar-refractivity contribution is -0.124. The summed E-state index contributed by atoms with van der Waals surface area (Å²) >= 11 is 6.90. The molecule has 3 N–H and O–H groups in total. The van der Waals surface area contributed by atoms with Crippen LogP contribution in [0.25, 0.3) is 0 Å². The summed E-state index contributed by atoms with van der Waals surface area (Å²) in [5, 5.41) is 3.00. The summed E-state index contributed by atoms with van der Waals surface area (Å²) in [5.41, 5.74) is 6.21. The Bertz CT molecular complexity index is 436. The zero-order chi connectivity index (χ0) is 13.2. The van der Waals surface area contributed by atoms with Crippen molar-refractivity contribution in [3.8, 4) is 0 Å². The second-order valence-electron chi connectivity index (χ2n) is 4.74. The first-order chi connectivity index (χ1) is 8.59. The van der Waals surface area contributed by atoms with Crippen LogP contribution in [0.2, 0.25) is 0 Å². The van der Waals surface area contributed by atoms with Gasteiger partial charge in [0.1, 0.15) is 0 Å². The number of carbonyl (C=O) groups excluding carboxylic acids is 1. The van der Waals surface area contributed by atoms with Crippen LogP contribution in [0.3, 0.4) is 0 Å². The van der Waals surface area contributed by atoms with Gasteiger partial charge in [-0.2, -0.15) is 0 Å². The molecule has 3 nitrogen and oxygen atoms in total. The standard InChI is InChI=1S/C13H16Br2N2O/c14-9-4-3-5-10(15)11(9)17-12(18)13(8-16)6-1-2-7-13/h3-5H,1-2,6-8,16H2,(H,17,18). The lowest BCUT2D eigenvalue weighted by atomic mass is 9.85. The van der Waals surface area contributed by atoms with Crippen LogP contribution in [0.4, 0.5) is 5.69 Å². The highest BCUT2D eigenvalue weighted by Crippen LogP contribution is 2.39. The van der Waals surface area contributed by atoms with Gasteiger partial charge in [0.25, 0.3) is 0 Å². The predicted molar refractivity (Wildman–Crippen MR) is 80.4 cm³/mol. The van der Waals surface area contributed by atoms with E-state index < -0.39 is 0 Å². The Kier molecular flexibility index (Phi) is 4.45. The number of nitrogens with two attached hydrogens (primary N) is 1. The van der Waals surface area contributed by atoms with Crippen LogP contribution in [0, 0.1) is 5.41 Å². The Labute approximate surface area is 124 Å². The Hall–Kier alpha value is -0.390. The van der Waals surface area contributed by atoms with Gasteiger partial charge in [-0.1, -0.05) is 18.9 Å². The van der Waals surface area contributed by atoms with Crippen molar-refractivity contribution in [3.05, 3.63) is 27.1 Å². The molecule has 18 heavy (non-hydrogen) atoms. The zero-order valence-electron chi connectivity index (χ0n) is 10.0. The lowest BCUT2D eigenvalue weighted by Gasteiger charge is -2.26. The number of rotatable bonds is 3. The normalized spacial score (nSPS) is 17.7. The Morgan fingerprint density at radius 1 is 1.28 bits per heavy atom. The average Bonchev–Trinajstić information content (AvgIpc) is 2.84. The molecule has 0 aliphatic heterocycles. The number of benzene rings is 1. The van der Waals surface area contributed by atoms with Crippen LogP contribution in [0.1, 0.15) is 25.7 Å². The van der Waals surface area contributed by atoms with Crippen LogP contribution >= 0.6 is 31.9 Å². The van der Waals surface area contributed by atoms with Crippen molar-refractivity contribution in [1.82, 2.24) is 0 Å². The molecule has 0 spiro atoms. The fourth-order valence-corrected chi connectivity index (χ4v) is 3.64. The summed E-state index contributed by atoms with van der Waals surface area (Å²) in [4.78, 5) is 12.4.